The minimum Gasteiger partial charge on any atom is -0.381 e. The van der Waals surface area contributed by atoms with Gasteiger partial charge in [-0.05, 0) is 31.7 Å². The van der Waals surface area contributed by atoms with Gasteiger partial charge < -0.3 is 15.0 Å². The minimum atomic E-state index is -4.11. The summed E-state index contributed by atoms with van der Waals surface area (Å²) in [5, 5.41) is 3.37. The number of nitrogens with one attached hydrogen (secondary N) is 1. The van der Waals surface area contributed by atoms with E-state index >= 15 is 0 Å². The number of nitrogens with zero attached hydrogens (tertiary/aromatic N) is 3. The predicted octanol–water partition coefficient (Wildman–Crippen LogP) is 2.18. The number of guanidine groups is 1. The maximum atomic E-state index is 12.5. The number of alkyl halides is 3. The molecule has 1 spiro atoms. The number of rotatable bonds is 3. The maximum Gasteiger partial charge on any atom is 0.401 e. The summed E-state index contributed by atoms with van der Waals surface area (Å²) in [6.45, 7) is 4.50. The second-order valence-corrected chi connectivity index (χ2v) is 7.41. The Morgan fingerprint density at radius 1 is 1.32 bits per heavy atom. The second-order valence-electron chi connectivity index (χ2n) is 7.41. The molecule has 0 aliphatic carbocycles. The average molecular weight is 476 g/mol. The van der Waals surface area contributed by atoms with Crippen molar-refractivity contribution in [3.05, 3.63) is 0 Å². The van der Waals surface area contributed by atoms with Crippen LogP contribution in [-0.2, 0) is 4.74 Å². The summed E-state index contributed by atoms with van der Waals surface area (Å²) >= 11 is 0. The Kier molecular flexibility index (Phi) is 7.23. The monoisotopic (exact) mass is 476 g/mol. The van der Waals surface area contributed by atoms with Crippen molar-refractivity contribution in [2.24, 2.45) is 16.3 Å². The first-order valence-corrected chi connectivity index (χ1v) is 8.72. The Morgan fingerprint density at radius 3 is 2.76 bits per heavy atom. The molecule has 3 rings (SSSR count). The standard InChI is InChI=1S/C16H27F3N4O.HI/c1-20-14(23-6-3-15(10-23)4-7-24-12-15)21-8-13-2-5-22(9-13)11-16(17,18)19;/h13H,2-12H2,1H3,(H,20,21);1H. The van der Waals surface area contributed by atoms with E-state index in [1.54, 1.807) is 7.05 Å². The largest absolute Gasteiger partial charge is 0.401 e. The molecule has 0 aromatic carbocycles. The summed E-state index contributed by atoms with van der Waals surface area (Å²) in [5.41, 5.74) is 0.272. The quantitative estimate of drug-likeness (QED) is 0.385. The van der Waals surface area contributed by atoms with E-state index in [9.17, 15) is 13.2 Å². The van der Waals surface area contributed by atoms with Gasteiger partial charge in [-0.2, -0.15) is 13.2 Å². The van der Waals surface area contributed by atoms with E-state index in [4.69, 9.17) is 4.74 Å². The van der Waals surface area contributed by atoms with Crippen LogP contribution in [-0.4, -0.2) is 81.5 Å². The minimum absolute atomic E-state index is 0. The molecular weight excluding hydrogens is 448 g/mol. The van der Waals surface area contributed by atoms with E-state index in [0.717, 1.165) is 51.5 Å². The number of likely N-dealkylation sites (tertiary alicyclic amines) is 2. The summed E-state index contributed by atoms with van der Waals surface area (Å²) in [4.78, 5) is 8.12. The molecular formula is C16H28F3IN4O. The van der Waals surface area contributed by atoms with Crippen LogP contribution in [0.4, 0.5) is 13.2 Å². The predicted molar refractivity (Wildman–Crippen MR) is 101 cm³/mol. The number of aliphatic imine (C=N–C) groups is 1. The van der Waals surface area contributed by atoms with Gasteiger partial charge in [-0.25, -0.2) is 0 Å². The zero-order chi connectivity index (χ0) is 17.2. The molecule has 9 heteroatoms. The van der Waals surface area contributed by atoms with E-state index in [0.29, 0.717) is 19.6 Å². The SMILES string of the molecule is CN=C(NCC1CCN(CC(F)(F)F)C1)N1CCC2(CCOC2)C1.I. The number of ether oxygens (including phenoxy) is 1. The van der Waals surface area contributed by atoms with Gasteiger partial charge in [0.2, 0.25) is 0 Å². The number of hydrogen-bond acceptors (Lipinski definition) is 3. The lowest BCUT2D eigenvalue weighted by Gasteiger charge is -2.26. The van der Waals surface area contributed by atoms with Gasteiger partial charge in [-0.3, -0.25) is 9.89 Å². The molecule has 3 heterocycles. The second kappa shape index (κ2) is 8.60. The van der Waals surface area contributed by atoms with Gasteiger partial charge in [-0.15, -0.1) is 24.0 Å². The highest BCUT2D eigenvalue weighted by molar-refractivity contribution is 14.0. The van der Waals surface area contributed by atoms with Crippen molar-refractivity contribution >= 4 is 29.9 Å². The van der Waals surface area contributed by atoms with Crippen LogP contribution in [0.2, 0.25) is 0 Å². The van der Waals surface area contributed by atoms with Gasteiger partial charge in [0.25, 0.3) is 0 Å². The molecule has 0 aromatic heterocycles. The van der Waals surface area contributed by atoms with Gasteiger partial charge in [0, 0.05) is 45.2 Å². The van der Waals surface area contributed by atoms with Crippen molar-refractivity contribution in [3.63, 3.8) is 0 Å². The molecule has 3 aliphatic rings. The van der Waals surface area contributed by atoms with E-state index < -0.39 is 12.7 Å². The summed E-state index contributed by atoms with van der Waals surface area (Å²) < 4.78 is 42.9. The Bertz CT molecular complexity index is 469. The van der Waals surface area contributed by atoms with Crippen molar-refractivity contribution in [2.45, 2.75) is 25.4 Å². The first kappa shape index (κ1) is 21.0. The van der Waals surface area contributed by atoms with E-state index in [1.807, 2.05) is 0 Å². The third-order valence-electron chi connectivity index (χ3n) is 5.46. The molecule has 0 bridgehead atoms. The Hall–Kier alpha value is -0.290. The highest BCUT2D eigenvalue weighted by atomic mass is 127. The molecule has 3 fully saturated rings. The first-order chi connectivity index (χ1) is 11.4. The van der Waals surface area contributed by atoms with Crippen LogP contribution in [0.15, 0.2) is 4.99 Å². The van der Waals surface area contributed by atoms with Crippen molar-refractivity contribution in [1.29, 1.82) is 0 Å². The lowest BCUT2D eigenvalue weighted by atomic mass is 9.87. The third-order valence-corrected chi connectivity index (χ3v) is 5.46. The summed E-state index contributed by atoms with van der Waals surface area (Å²) in [6, 6.07) is 0. The molecule has 3 aliphatic heterocycles. The molecule has 0 amide bonds. The van der Waals surface area contributed by atoms with E-state index in [-0.39, 0.29) is 35.3 Å². The fourth-order valence-corrected chi connectivity index (χ4v) is 4.13. The molecule has 0 aromatic rings. The van der Waals surface area contributed by atoms with Crippen LogP contribution in [0, 0.1) is 11.3 Å². The van der Waals surface area contributed by atoms with Gasteiger partial charge >= 0.3 is 6.18 Å². The zero-order valence-electron chi connectivity index (χ0n) is 14.6. The van der Waals surface area contributed by atoms with Crippen LogP contribution in [0.1, 0.15) is 19.3 Å². The van der Waals surface area contributed by atoms with Crippen molar-refractivity contribution in [1.82, 2.24) is 15.1 Å². The molecule has 25 heavy (non-hydrogen) atoms. The number of halogens is 4. The highest BCUT2D eigenvalue weighted by Gasteiger charge is 2.42. The van der Waals surface area contributed by atoms with Crippen molar-refractivity contribution in [2.75, 3.05) is 59.5 Å². The Morgan fingerprint density at radius 2 is 2.12 bits per heavy atom. The lowest BCUT2D eigenvalue weighted by molar-refractivity contribution is -0.143. The summed E-state index contributed by atoms with van der Waals surface area (Å²) in [7, 11) is 1.77. The van der Waals surface area contributed by atoms with Gasteiger partial charge in [0.05, 0.1) is 13.2 Å². The van der Waals surface area contributed by atoms with Gasteiger partial charge in [0.1, 0.15) is 0 Å². The van der Waals surface area contributed by atoms with Crippen LogP contribution in [0.25, 0.3) is 0 Å². The topological polar surface area (TPSA) is 40.1 Å². The molecule has 5 nitrogen and oxygen atoms in total. The molecule has 0 saturated carbocycles. The smallest absolute Gasteiger partial charge is 0.381 e. The molecule has 2 unspecified atom stereocenters. The van der Waals surface area contributed by atoms with Gasteiger partial charge in [0.15, 0.2) is 5.96 Å². The normalized spacial score (nSPS) is 31.0. The number of hydrogen-bond donors (Lipinski definition) is 1. The van der Waals surface area contributed by atoms with E-state index in [2.05, 4.69) is 15.2 Å². The maximum absolute atomic E-state index is 12.5. The lowest BCUT2D eigenvalue weighted by Crippen LogP contribution is -2.43. The van der Waals surface area contributed by atoms with Crippen LogP contribution in [0.5, 0.6) is 0 Å². The molecule has 3 saturated heterocycles. The Balaban J connectivity index is 0.00000225. The summed E-state index contributed by atoms with van der Waals surface area (Å²) in [5.74, 6) is 1.11. The highest BCUT2D eigenvalue weighted by Crippen LogP contribution is 2.38. The first-order valence-electron chi connectivity index (χ1n) is 8.72. The van der Waals surface area contributed by atoms with Gasteiger partial charge in [-0.1, -0.05) is 0 Å². The van der Waals surface area contributed by atoms with Crippen molar-refractivity contribution in [3.8, 4) is 0 Å². The molecule has 2 atom stereocenters. The average Bonchev–Trinajstić information content (AvgIpc) is 3.22. The van der Waals surface area contributed by atoms with Crippen molar-refractivity contribution < 1.29 is 17.9 Å². The third kappa shape index (κ3) is 5.59. The Labute approximate surface area is 164 Å². The van der Waals surface area contributed by atoms with Crippen LogP contribution >= 0.6 is 24.0 Å². The fourth-order valence-electron chi connectivity index (χ4n) is 4.13. The molecule has 0 radical (unpaired) electrons. The fraction of sp³-hybridized carbons (Fsp3) is 0.938. The molecule has 146 valence electrons. The van der Waals surface area contributed by atoms with E-state index in [1.165, 1.54) is 4.90 Å². The summed E-state index contributed by atoms with van der Waals surface area (Å²) in [6.07, 6.45) is -1.07. The zero-order valence-corrected chi connectivity index (χ0v) is 17.0. The van der Waals surface area contributed by atoms with Crippen LogP contribution < -0.4 is 5.32 Å². The van der Waals surface area contributed by atoms with Crippen LogP contribution in [0.3, 0.4) is 0 Å². The molecule has 1 N–H and O–H groups in total.